The molecule has 0 radical (unpaired) electrons. The molecule has 0 bridgehead atoms. The molecule has 1 unspecified atom stereocenters. The van der Waals surface area contributed by atoms with Crippen LogP contribution in [-0.4, -0.2) is 10.9 Å². The van der Waals surface area contributed by atoms with Crippen molar-refractivity contribution in [2.24, 2.45) is 5.92 Å². The van der Waals surface area contributed by atoms with E-state index in [0.717, 1.165) is 34.2 Å². The third-order valence-corrected chi connectivity index (χ3v) is 4.70. The van der Waals surface area contributed by atoms with E-state index in [4.69, 9.17) is 4.42 Å². The molecule has 1 amide bonds. The van der Waals surface area contributed by atoms with E-state index in [9.17, 15) is 4.79 Å². The summed E-state index contributed by atoms with van der Waals surface area (Å²) in [7, 11) is 0. The molecule has 0 saturated heterocycles. The van der Waals surface area contributed by atoms with Gasteiger partial charge in [-0.1, -0.05) is 13.8 Å². The van der Waals surface area contributed by atoms with Gasteiger partial charge in [0.15, 0.2) is 0 Å². The Bertz CT molecular complexity index is 670. The lowest BCUT2D eigenvalue weighted by molar-refractivity contribution is 0.0943. The van der Waals surface area contributed by atoms with Crippen LogP contribution in [0.1, 0.15) is 64.3 Å². The number of rotatable bonds is 5. The predicted octanol–water partition coefficient (Wildman–Crippen LogP) is 4.35. The number of aromatic nitrogens is 1. The highest BCUT2D eigenvalue weighted by Gasteiger charge is 2.20. The molecule has 1 atom stereocenters. The minimum absolute atomic E-state index is 0.0595. The maximum atomic E-state index is 12.5. The third-order valence-electron chi connectivity index (χ3n) is 3.52. The second-order valence-corrected chi connectivity index (χ2v) is 7.27. The highest BCUT2D eigenvalue weighted by Crippen LogP contribution is 2.24. The van der Waals surface area contributed by atoms with Gasteiger partial charge in [0, 0.05) is 12.0 Å². The molecule has 0 saturated carbocycles. The van der Waals surface area contributed by atoms with E-state index in [1.807, 2.05) is 33.8 Å². The highest BCUT2D eigenvalue weighted by atomic mass is 32.1. The Labute approximate surface area is 136 Å². The fourth-order valence-corrected chi connectivity index (χ4v) is 3.70. The van der Waals surface area contributed by atoms with E-state index < -0.39 is 0 Å². The van der Waals surface area contributed by atoms with Gasteiger partial charge in [0.25, 0.3) is 5.91 Å². The normalized spacial score (nSPS) is 12.7. The van der Waals surface area contributed by atoms with Crippen LogP contribution in [0, 0.1) is 26.7 Å². The van der Waals surface area contributed by atoms with Gasteiger partial charge in [-0.25, -0.2) is 4.98 Å². The predicted molar refractivity (Wildman–Crippen MR) is 89.5 cm³/mol. The molecule has 2 aromatic heterocycles. The summed E-state index contributed by atoms with van der Waals surface area (Å²) in [6, 6.07) is 1.89. The number of hydrogen-bond acceptors (Lipinski definition) is 4. The number of nitrogens with zero attached hydrogens (tertiary/aromatic N) is 1. The standard InChI is InChI=1S/C17H24N2O2S/c1-9(2)7-15-18-12(5)16(22-15)17(20)19-11(4)14-8-10(3)21-13(14)6/h8-9,11H,7H2,1-6H3,(H,19,20). The van der Waals surface area contributed by atoms with Gasteiger partial charge in [0.1, 0.15) is 16.4 Å². The monoisotopic (exact) mass is 320 g/mol. The first-order valence-electron chi connectivity index (χ1n) is 7.62. The largest absolute Gasteiger partial charge is 0.466 e. The summed E-state index contributed by atoms with van der Waals surface area (Å²) < 4.78 is 5.53. The number of hydrogen-bond donors (Lipinski definition) is 1. The molecule has 0 fully saturated rings. The van der Waals surface area contributed by atoms with Crippen molar-refractivity contribution in [1.82, 2.24) is 10.3 Å². The van der Waals surface area contributed by atoms with E-state index >= 15 is 0 Å². The lowest BCUT2D eigenvalue weighted by Crippen LogP contribution is -2.26. The topological polar surface area (TPSA) is 55.1 Å². The van der Waals surface area contributed by atoms with Crippen molar-refractivity contribution in [3.8, 4) is 0 Å². The zero-order valence-electron chi connectivity index (χ0n) is 14.1. The maximum absolute atomic E-state index is 12.5. The molecule has 4 nitrogen and oxygen atoms in total. The maximum Gasteiger partial charge on any atom is 0.263 e. The molecule has 2 aromatic rings. The van der Waals surface area contributed by atoms with Gasteiger partial charge in [-0.15, -0.1) is 11.3 Å². The number of thiazole rings is 1. The van der Waals surface area contributed by atoms with Gasteiger partial charge in [-0.2, -0.15) is 0 Å². The Morgan fingerprint density at radius 1 is 1.32 bits per heavy atom. The van der Waals surface area contributed by atoms with Crippen LogP contribution in [0.4, 0.5) is 0 Å². The summed E-state index contributed by atoms with van der Waals surface area (Å²) in [5.74, 6) is 2.20. The van der Waals surface area contributed by atoms with Crippen LogP contribution in [-0.2, 0) is 6.42 Å². The summed E-state index contributed by atoms with van der Waals surface area (Å²) in [6.07, 6.45) is 0.911. The fourth-order valence-electron chi connectivity index (χ4n) is 2.52. The van der Waals surface area contributed by atoms with Gasteiger partial charge < -0.3 is 9.73 Å². The van der Waals surface area contributed by atoms with Crippen LogP contribution in [0.2, 0.25) is 0 Å². The van der Waals surface area contributed by atoms with Crippen molar-refractivity contribution < 1.29 is 9.21 Å². The zero-order chi connectivity index (χ0) is 16.4. The average molecular weight is 320 g/mol. The molecular formula is C17H24N2O2S. The molecule has 1 N–H and O–H groups in total. The van der Waals surface area contributed by atoms with Crippen LogP contribution in [0.5, 0.6) is 0 Å². The van der Waals surface area contributed by atoms with Crippen molar-refractivity contribution >= 4 is 17.2 Å². The van der Waals surface area contributed by atoms with Crippen molar-refractivity contribution in [1.29, 1.82) is 0 Å². The third kappa shape index (κ3) is 3.77. The van der Waals surface area contributed by atoms with Crippen LogP contribution in [0.3, 0.4) is 0 Å². The van der Waals surface area contributed by atoms with Gasteiger partial charge in [0.2, 0.25) is 0 Å². The molecule has 0 aliphatic carbocycles. The molecule has 5 heteroatoms. The minimum Gasteiger partial charge on any atom is -0.466 e. The van der Waals surface area contributed by atoms with Crippen molar-refractivity contribution in [2.45, 2.75) is 54.0 Å². The fraction of sp³-hybridized carbons (Fsp3) is 0.529. The molecule has 2 rings (SSSR count). The highest BCUT2D eigenvalue weighted by molar-refractivity contribution is 7.13. The first-order chi connectivity index (χ1) is 10.3. The van der Waals surface area contributed by atoms with Gasteiger partial charge in [-0.3, -0.25) is 4.79 Å². The van der Waals surface area contributed by atoms with E-state index in [0.29, 0.717) is 10.8 Å². The molecule has 120 valence electrons. The quantitative estimate of drug-likeness (QED) is 0.891. The molecule has 0 aromatic carbocycles. The number of aryl methyl sites for hydroxylation is 3. The Balaban J connectivity index is 2.12. The summed E-state index contributed by atoms with van der Waals surface area (Å²) in [6.45, 7) is 12.0. The first-order valence-corrected chi connectivity index (χ1v) is 8.43. The summed E-state index contributed by atoms with van der Waals surface area (Å²) in [5, 5.41) is 4.07. The minimum atomic E-state index is -0.0833. The molecule has 2 heterocycles. The Kier molecular flexibility index (Phi) is 5.06. The molecule has 0 spiro atoms. The summed E-state index contributed by atoms with van der Waals surface area (Å²) in [5.41, 5.74) is 1.83. The average Bonchev–Trinajstić information content (AvgIpc) is 2.91. The summed E-state index contributed by atoms with van der Waals surface area (Å²) in [4.78, 5) is 17.7. The Hall–Kier alpha value is -1.62. The van der Waals surface area contributed by atoms with Crippen molar-refractivity contribution in [3.05, 3.63) is 38.7 Å². The van der Waals surface area contributed by atoms with Crippen LogP contribution in [0.15, 0.2) is 10.5 Å². The van der Waals surface area contributed by atoms with Crippen LogP contribution < -0.4 is 5.32 Å². The molecular weight excluding hydrogens is 296 g/mol. The second-order valence-electron chi connectivity index (χ2n) is 6.18. The Morgan fingerprint density at radius 3 is 2.55 bits per heavy atom. The van der Waals surface area contributed by atoms with Crippen molar-refractivity contribution in [3.63, 3.8) is 0 Å². The Morgan fingerprint density at radius 2 is 2.00 bits per heavy atom. The second kappa shape index (κ2) is 6.65. The lowest BCUT2D eigenvalue weighted by atomic mass is 10.1. The number of carbonyl (C=O) groups excluding carboxylic acids is 1. The van der Waals surface area contributed by atoms with E-state index in [1.165, 1.54) is 11.3 Å². The molecule has 0 aliphatic heterocycles. The van der Waals surface area contributed by atoms with E-state index in [-0.39, 0.29) is 11.9 Å². The van der Waals surface area contributed by atoms with Gasteiger partial charge >= 0.3 is 0 Å². The first kappa shape index (κ1) is 16.7. The SMILES string of the molecule is Cc1cc(C(C)NC(=O)c2sc(CC(C)C)nc2C)c(C)o1. The van der Waals surface area contributed by atoms with Crippen LogP contribution >= 0.6 is 11.3 Å². The van der Waals surface area contributed by atoms with E-state index in [2.05, 4.69) is 24.1 Å². The number of nitrogens with one attached hydrogen (secondary N) is 1. The molecule has 0 aliphatic rings. The summed E-state index contributed by atoms with van der Waals surface area (Å²) >= 11 is 1.50. The molecule has 22 heavy (non-hydrogen) atoms. The smallest absolute Gasteiger partial charge is 0.263 e. The van der Waals surface area contributed by atoms with Crippen LogP contribution in [0.25, 0.3) is 0 Å². The number of carbonyl (C=O) groups is 1. The zero-order valence-corrected chi connectivity index (χ0v) is 14.9. The van der Waals surface area contributed by atoms with Gasteiger partial charge in [-0.05, 0) is 39.7 Å². The lowest BCUT2D eigenvalue weighted by Gasteiger charge is -2.12. The number of furan rings is 1. The number of amides is 1. The van der Waals surface area contributed by atoms with Crippen molar-refractivity contribution in [2.75, 3.05) is 0 Å². The van der Waals surface area contributed by atoms with Gasteiger partial charge in [0.05, 0.1) is 16.7 Å². The van der Waals surface area contributed by atoms with E-state index in [1.54, 1.807) is 0 Å².